The predicted octanol–water partition coefficient (Wildman–Crippen LogP) is 2.72. The topological polar surface area (TPSA) is 181 Å². The SMILES string of the molecule is CC[C@H](NC)C(=O)N[C@@H](CC#CC[C@H](NC(=O)[C@H](C)NC)C(=O)N1CCC[C@H]1C(=O)N[C@@H]1CCCc2ccccc21)C(=O)N1CCC[C@H]1C(=O)N[C@@H]1CCCc2ccccc21. The van der Waals surface area contributed by atoms with Gasteiger partial charge in [-0.3, -0.25) is 28.8 Å². The fourth-order valence-electron chi connectivity index (χ4n) is 9.32. The average molecular weight is 837 g/mol. The van der Waals surface area contributed by atoms with Crippen molar-refractivity contribution in [3.05, 3.63) is 70.8 Å². The van der Waals surface area contributed by atoms with Crippen LogP contribution in [0.25, 0.3) is 0 Å². The second-order valence-corrected chi connectivity index (χ2v) is 16.8. The molecule has 0 radical (unpaired) electrons. The van der Waals surface area contributed by atoms with Crippen molar-refractivity contribution in [1.82, 2.24) is 41.7 Å². The lowest BCUT2D eigenvalue weighted by Gasteiger charge is -2.32. The molecule has 0 spiro atoms. The van der Waals surface area contributed by atoms with Crippen molar-refractivity contribution in [3.8, 4) is 11.8 Å². The quantitative estimate of drug-likeness (QED) is 0.148. The zero-order chi connectivity index (χ0) is 43.5. The van der Waals surface area contributed by atoms with Crippen molar-refractivity contribution in [2.24, 2.45) is 0 Å². The summed E-state index contributed by atoms with van der Waals surface area (Å²) in [7, 11) is 3.33. The third kappa shape index (κ3) is 11.0. The highest BCUT2D eigenvalue weighted by Crippen LogP contribution is 2.32. The van der Waals surface area contributed by atoms with Gasteiger partial charge in [-0.05, 0) is 114 Å². The van der Waals surface area contributed by atoms with Crippen molar-refractivity contribution < 1.29 is 28.8 Å². The van der Waals surface area contributed by atoms with Gasteiger partial charge in [0.15, 0.2) is 0 Å². The summed E-state index contributed by atoms with van der Waals surface area (Å²) in [6.07, 6.45) is 8.11. The predicted molar refractivity (Wildman–Crippen MR) is 233 cm³/mol. The van der Waals surface area contributed by atoms with Gasteiger partial charge in [-0.15, -0.1) is 11.8 Å². The Morgan fingerprint density at radius 1 is 0.623 bits per heavy atom. The number of nitrogens with zero attached hydrogens (tertiary/aromatic N) is 2. The van der Waals surface area contributed by atoms with E-state index in [1.165, 1.54) is 11.1 Å². The number of fused-ring (bicyclic) bond motifs is 2. The second kappa shape index (κ2) is 21.5. The summed E-state index contributed by atoms with van der Waals surface area (Å²) in [5.41, 5.74) is 4.67. The lowest BCUT2D eigenvalue weighted by molar-refractivity contribution is -0.141. The average Bonchev–Trinajstić information content (AvgIpc) is 3.98. The van der Waals surface area contributed by atoms with Crippen LogP contribution in [-0.4, -0.2) is 109 Å². The summed E-state index contributed by atoms with van der Waals surface area (Å²) in [5.74, 6) is 4.08. The number of hydrogen-bond acceptors (Lipinski definition) is 8. The van der Waals surface area contributed by atoms with E-state index in [1.807, 2.05) is 37.3 Å². The van der Waals surface area contributed by atoms with Crippen molar-refractivity contribution in [1.29, 1.82) is 0 Å². The molecule has 2 fully saturated rings. The normalized spacial score (nSPS) is 22.6. The lowest BCUT2D eigenvalue weighted by Crippen LogP contribution is -2.56. The van der Waals surface area contributed by atoms with E-state index < -0.39 is 54.0 Å². The molecule has 2 aromatic carbocycles. The Morgan fingerprint density at radius 2 is 1.08 bits per heavy atom. The van der Waals surface area contributed by atoms with Gasteiger partial charge < -0.3 is 41.7 Å². The van der Waals surface area contributed by atoms with Gasteiger partial charge in [0.25, 0.3) is 0 Å². The first-order chi connectivity index (χ1) is 29.5. The molecular weight excluding hydrogens is 773 g/mol. The monoisotopic (exact) mass is 836 g/mol. The third-order valence-electron chi connectivity index (χ3n) is 12.9. The Hall–Kier alpha value is -5.26. The third-order valence-corrected chi connectivity index (χ3v) is 12.9. The molecule has 2 heterocycles. The molecule has 8 atom stereocenters. The van der Waals surface area contributed by atoms with Gasteiger partial charge in [0, 0.05) is 25.9 Å². The summed E-state index contributed by atoms with van der Waals surface area (Å²) < 4.78 is 0. The first kappa shape index (κ1) is 45.3. The smallest absolute Gasteiger partial charge is 0.246 e. The van der Waals surface area contributed by atoms with Crippen molar-refractivity contribution >= 4 is 35.4 Å². The number of benzene rings is 2. The van der Waals surface area contributed by atoms with Gasteiger partial charge in [0.2, 0.25) is 35.4 Å². The van der Waals surface area contributed by atoms with Gasteiger partial charge >= 0.3 is 0 Å². The van der Waals surface area contributed by atoms with E-state index in [0.717, 1.165) is 49.7 Å². The molecule has 6 N–H and O–H groups in total. The van der Waals surface area contributed by atoms with E-state index in [9.17, 15) is 28.8 Å². The van der Waals surface area contributed by atoms with Crippen LogP contribution in [0.4, 0.5) is 0 Å². The maximum Gasteiger partial charge on any atom is 0.246 e. The molecule has 0 aromatic heterocycles. The van der Waals surface area contributed by atoms with E-state index in [2.05, 4.69) is 61.9 Å². The molecule has 14 nitrogen and oxygen atoms in total. The molecule has 0 unspecified atom stereocenters. The standard InChI is InChI=1S/C47H64N8O6/c1-5-35(49-4)43(57)53-39(47(61)55-29-15-27-41(55)45(59)51-37-25-13-19-32-17-7-9-21-34(32)37)23-11-10-22-38(52-42(56)30(2)48-3)46(60)54-28-14-26-40(54)44(58)50-36-24-12-18-31-16-6-8-20-33(31)36/h6-9,16-17,20-21,30,35-41,48-49H,5,12-15,18-19,22-29H2,1-4H3,(H,50,58)(H,51,59)(H,52,56)(H,53,57)/t30-,35-,36+,37+,38-,39-,40-,41-/m0/s1. The van der Waals surface area contributed by atoms with E-state index in [0.29, 0.717) is 45.2 Å². The summed E-state index contributed by atoms with van der Waals surface area (Å²) in [5, 5.41) is 18.1. The van der Waals surface area contributed by atoms with Crippen LogP contribution >= 0.6 is 0 Å². The van der Waals surface area contributed by atoms with Gasteiger partial charge in [-0.25, -0.2) is 0 Å². The summed E-state index contributed by atoms with van der Waals surface area (Å²) >= 11 is 0. The number of nitrogens with one attached hydrogen (secondary N) is 6. The zero-order valence-electron chi connectivity index (χ0n) is 36.2. The van der Waals surface area contributed by atoms with Gasteiger partial charge in [-0.2, -0.15) is 0 Å². The van der Waals surface area contributed by atoms with E-state index >= 15 is 0 Å². The number of hydrogen-bond donors (Lipinski definition) is 6. The van der Waals surface area contributed by atoms with Crippen LogP contribution in [0.1, 0.15) is 119 Å². The van der Waals surface area contributed by atoms with Gasteiger partial charge in [0.05, 0.1) is 24.2 Å². The Balaban J connectivity index is 1.16. The lowest BCUT2D eigenvalue weighted by atomic mass is 9.87. The van der Waals surface area contributed by atoms with Crippen LogP contribution in [0.5, 0.6) is 0 Å². The number of amides is 6. The molecule has 328 valence electrons. The molecule has 6 rings (SSSR count). The zero-order valence-corrected chi connectivity index (χ0v) is 36.2. The molecule has 0 bridgehead atoms. The Kier molecular flexibility index (Phi) is 16.0. The molecule has 4 aliphatic rings. The maximum atomic E-state index is 14.3. The van der Waals surface area contributed by atoms with E-state index in [4.69, 9.17) is 0 Å². The number of carbonyl (C=O) groups is 6. The largest absolute Gasteiger partial charge is 0.347 e. The van der Waals surface area contributed by atoms with E-state index in [1.54, 1.807) is 30.8 Å². The first-order valence-corrected chi connectivity index (χ1v) is 22.3. The summed E-state index contributed by atoms with van der Waals surface area (Å²) in [6.45, 7) is 4.28. The van der Waals surface area contributed by atoms with Crippen LogP contribution in [0, 0.1) is 11.8 Å². The molecule has 0 saturated carbocycles. The maximum absolute atomic E-state index is 14.3. The number of likely N-dealkylation sites (N-methyl/N-ethyl adjacent to an activating group) is 2. The summed E-state index contributed by atoms with van der Waals surface area (Å²) in [6, 6.07) is 11.4. The number of likely N-dealkylation sites (tertiary alicyclic amines) is 2. The molecule has 6 amide bonds. The Morgan fingerprint density at radius 3 is 1.52 bits per heavy atom. The van der Waals surface area contributed by atoms with Gasteiger partial charge in [-0.1, -0.05) is 55.5 Å². The Labute approximate surface area is 360 Å². The van der Waals surface area contributed by atoms with Crippen LogP contribution in [0.2, 0.25) is 0 Å². The van der Waals surface area contributed by atoms with Crippen LogP contribution < -0.4 is 31.9 Å². The minimum atomic E-state index is -1.06. The highest BCUT2D eigenvalue weighted by atomic mass is 16.2. The molecule has 2 aliphatic heterocycles. The molecule has 61 heavy (non-hydrogen) atoms. The molecule has 14 heteroatoms. The minimum absolute atomic E-state index is 0.0784. The van der Waals surface area contributed by atoms with Gasteiger partial charge in [0.1, 0.15) is 24.2 Å². The number of aryl methyl sites for hydroxylation is 2. The fourth-order valence-corrected chi connectivity index (χ4v) is 9.32. The number of rotatable bonds is 15. The molecule has 2 saturated heterocycles. The highest BCUT2D eigenvalue weighted by Gasteiger charge is 2.41. The highest BCUT2D eigenvalue weighted by molar-refractivity contribution is 5.95. The van der Waals surface area contributed by atoms with Crippen LogP contribution in [0.15, 0.2) is 48.5 Å². The molecule has 2 aromatic rings. The van der Waals surface area contributed by atoms with E-state index in [-0.39, 0.29) is 42.6 Å². The molecular formula is C47H64N8O6. The second-order valence-electron chi connectivity index (χ2n) is 16.8. The Bertz CT molecular complexity index is 1970. The van der Waals surface area contributed by atoms with Crippen LogP contribution in [0.3, 0.4) is 0 Å². The van der Waals surface area contributed by atoms with Crippen LogP contribution in [-0.2, 0) is 41.6 Å². The minimum Gasteiger partial charge on any atom is -0.347 e. The summed E-state index contributed by atoms with van der Waals surface area (Å²) in [4.78, 5) is 86.0. The van der Waals surface area contributed by atoms with Crippen molar-refractivity contribution in [2.75, 3.05) is 27.2 Å². The fraction of sp³-hybridized carbons (Fsp3) is 0.574. The number of carbonyl (C=O) groups excluding carboxylic acids is 6. The van der Waals surface area contributed by atoms with Crippen molar-refractivity contribution in [3.63, 3.8) is 0 Å². The van der Waals surface area contributed by atoms with Crippen molar-refractivity contribution in [2.45, 2.75) is 146 Å². The molecule has 2 aliphatic carbocycles. The first-order valence-electron chi connectivity index (χ1n) is 22.3.